The smallest absolute Gasteiger partial charge is 0.870 e. The molecule has 8 heterocycles. The maximum absolute atomic E-state index is 12.9. The van der Waals surface area contributed by atoms with E-state index in [9.17, 15) is 38.4 Å². The second-order valence-corrected chi connectivity index (χ2v) is 32.9. The normalized spacial score (nSPS) is 13.5. The van der Waals surface area contributed by atoms with Crippen LogP contribution in [0.4, 0.5) is 46.5 Å². The third-order valence-electron chi connectivity index (χ3n) is 21.1. The zero-order valence-electron chi connectivity index (χ0n) is 79.2. The van der Waals surface area contributed by atoms with Crippen molar-refractivity contribution in [2.45, 2.75) is 27.7 Å². The van der Waals surface area contributed by atoms with E-state index in [0.29, 0.717) is 178 Å². The second kappa shape index (κ2) is 59.5. The Morgan fingerprint density at radius 3 is 0.921 bits per heavy atom. The fourth-order valence-corrected chi connectivity index (χ4v) is 14.7. The molecule has 0 unspecified atom stereocenters. The summed E-state index contributed by atoms with van der Waals surface area (Å²) in [5.41, 5.74) is 16.8. The van der Waals surface area contributed by atoms with E-state index in [4.69, 9.17) is 73.4 Å². The molecule has 0 saturated carbocycles. The first-order valence-corrected chi connectivity index (χ1v) is 46.0. The standard InChI is InChI=1S/C25H27ClN6O2.C24H24ClN5O2.C23H22ClN5O3.C17H12ClN3O2.C8H16N2O2.C2H7N.BH2O.Na.H2O/c1-2-27-23(33)17-31-13-15-32(16-14-31)24(34)19-5-9-21(10-6-19)29-25-28-12-11-22(30-25)18-3-7-20(26)8-4-18;1-17(31)16-29-12-14-30(15-13-29)23(32)19-4-8-21(9-5-19)27-24-26-11-10-22(28-24)18-2-6-20(25)7-3-18;24-18-5-1-16(2-6-18)20-9-10-25-23(27-20)26-19-7-3-17(4-8-19)22(32)29-13-11-28(12-14-29)15-21(30)31;18-13-5-1-11(2-6-13)15-9-10-19-17(21-15)20-14-7-3-12(4-8-14)16(22)23;1-2-12-8(11)7-10-5-3-9-4-6-10;1-2-3;1-2;;/h3-12H,2,13-17H2,1H3,(H,27,33)(H,28,29,30);2-11H,12-16H2,1H3,(H,26,27,28);1-10H,11-15H2,(H,30,31)(H,25,26,27);1-10H,(H,22,23)(H,19,20,21);9H,2-7H2,1H3;2-3H2,1H3;1-2H;;1H2/q;;;;;;;+1;/p-1/i;;;;;;1T;;. The van der Waals surface area contributed by atoms with Crippen LogP contribution in [0.15, 0.2) is 243 Å². The predicted molar refractivity (Wildman–Crippen MR) is 542 cm³/mol. The number of carbonyl (C=O) groups excluding carboxylic acids is 6. The first kappa shape index (κ1) is 111. The summed E-state index contributed by atoms with van der Waals surface area (Å²) in [6.45, 7) is 21.5. The van der Waals surface area contributed by atoms with Gasteiger partial charge in [-0.25, -0.2) is 44.7 Å². The van der Waals surface area contributed by atoms with Gasteiger partial charge in [0.1, 0.15) is 5.78 Å². The number of esters is 1. The molecule has 12 N–H and O–H groups in total. The minimum absolute atomic E-state index is 0. The van der Waals surface area contributed by atoms with Crippen LogP contribution in [0.3, 0.4) is 0 Å². The molecule has 8 aromatic carbocycles. The van der Waals surface area contributed by atoms with Crippen molar-refractivity contribution in [1.29, 1.82) is 1.34 Å². The van der Waals surface area contributed by atoms with Crippen molar-refractivity contribution in [3.63, 3.8) is 0 Å². The number of nitrogens with one attached hydrogen (secondary N) is 6. The summed E-state index contributed by atoms with van der Waals surface area (Å²) < 4.78 is 10.5. The van der Waals surface area contributed by atoms with Crippen molar-refractivity contribution in [2.24, 2.45) is 5.73 Å². The molecular weight excluding hydrogens is 1880 g/mol. The van der Waals surface area contributed by atoms with E-state index >= 15 is 0 Å². The monoisotopic (exact) mass is 1990 g/mol. The minimum Gasteiger partial charge on any atom is -0.870 e. The number of likely N-dealkylation sites (N-methyl/N-ethyl adjacent to an activating group) is 1. The number of ether oxygens (including phenoxy) is 1. The maximum Gasteiger partial charge on any atom is 1.00 e. The Kier molecular flexibility index (Phi) is 47.1. The predicted octanol–water partition coefficient (Wildman–Crippen LogP) is 9.99. The van der Waals surface area contributed by atoms with Crippen LogP contribution in [0.2, 0.25) is 20.1 Å². The number of Topliss-reactive ketones (excluding diaryl/α,β-unsaturated/α-hetero) is 1. The minimum atomic E-state index is -0.961. The van der Waals surface area contributed by atoms with Crippen LogP contribution < -0.4 is 67.2 Å². The molecule has 0 bridgehead atoms. The molecule has 35 nitrogen and oxygen atoms in total. The Morgan fingerprint density at radius 2 is 0.664 bits per heavy atom. The first-order valence-electron chi connectivity index (χ1n) is 45.1. The number of hydrogen-bond acceptors (Lipinski definition) is 29. The van der Waals surface area contributed by atoms with Crippen molar-refractivity contribution in [1.82, 2.24) is 84.8 Å². The molecule has 4 aromatic heterocycles. The van der Waals surface area contributed by atoms with Crippen molar-refractivity contribution in [3.05, 3.63) is 286 Å². The van der Waals surface area contributed by atoms with Crippen LogP contribution in [-0.2, 0) is 23.9 Å². The summed E-state index contributed by atoms with van der Waals surface area (Å²) in [5, 5.41) is 46.2. The number of anilines is 8. The van der Waals surface area contributed by atoms with Gasteiger partial charge in [-0.15, -0.1) is 0 Å². The number of aromatic nitrogens is 8. The topological polar surface area (TPSA) is 460 Å². The van der Waals surface area contributed by atoms with Gasteiger partial charge in [-0.05, 0) is 197 Å². The van der Waals surface area contributed by atoms with Gasteiger partial charge in [0.15, 0.2) is 0 Å². The van der Waals surface area contributed by atoms with Crippen molar-refractivity contribution >= 4 is 148 Å². The van der Waals surface area contributed by atoms with E-state index in [0.717, 1.165) is 94.8 Å². The summed E-state index contributed by atoms with van der Waals surface area (Å²) in [4.78, 5) is 143. The van der Waals surface area contributed by atoms with E-state index in [1.54, 1.807) is 97.3 Å². The fourth-order valence-electron chi connectivity index (χ4n) is 14.2. The number of aromatic carboxylic acids is 1. The molecule has 0 spiro atoms. The largest absolute Gasteiger partial charge is 1.00 e. The third-order valence-corrected chi connectivity index (χ3v) is 22.1. The number of amides is 4. The second-order valence-electron chi connectivity index (χ2n) is 31.2. The molecule has 0 atom stereocenters. The van der Waals surface area contributed by atoms with E-state index < -0.39 is 11.9 Å². The molecule has 1 radical (unpaired) electrons. The summed E-state index contributed by atoms with van der Waals surface area (Å²) in [6, 6.07) is 65.2. The molecule has 12 aromatic rings. The Morgan fingerprint density at radius 1 is 0.400 bits per heavy atom. The van der Waals surface area contributed by atoms with Gasteiger partial charge in [-0.2, -0.15) is 0 Å². The first-order chi connectivity index (χ1) is 67.2. The fraction of sp³-hybridized carbons (Fsp3) is 0.273. The Balaban J connectivity index is 0.000000217. The Hall–Kier alpha value is -12.9. The average Bonchev–Trinajstić information content (AvgIpc) is 0.842. The number of rotatable bonds is 26. The summed E-state index contributed by atoms with van der Waals surface area (Å²) in [5.74, 6) is -0.00622. The van der Waals surface area contributed by atoms with E-state index in [-0.39, 0.29) is 90.5 Å². The van der Waals surface area contributed by atoms with Gasteiger partial charge in [0.25, 0.3) is 25.7 Å². The number of hydrogen-bond donors (Lipinski definition) is 10. The quantitative estimate of drug-likeness (QED) is 0.0178. The van der Waals surface area contributed by atoms with Crippen LogP contribution in [-0.4, -0.2) is 302 Å². The van der Waals surface area contributed by atoms with Crippen molar-refractivity contribution in [2.75, 3.05) is 172 Å². The number of ketones is 1. The van der Waals surface area contributed by atoms with Crippen molar-refractivity contribution < 1.29 is 93.4 Å². The number of nitrogens with two attached hydrogens (primary N) is 1. The van der Waals surface area contributed by atoms with Crippen molar-refractivity contribution in [3.8, 4) is 45.0 Å². The average molecular weight is 1990 g/mol. The zero-order valence-corrected chi connectivity index (χ0v) is 83.2. The van der Waals surface area contributed by atoms with E-state index in [1.165, 1.54) is 12.1 Å². The van der Waals surface area contributed by atoms with Gasteiger partial charge < -0.3 is 77.8 Å². The number of carbonyl (C=O) groups is 8. The molecule has 4 saturated heterocycles. The van der Waals surface area contributed by atoms with E-state index in [2.05, 4.69) is 86.5 Å². The van der Waals surface area contributed by atoms with Gasteiger partial charge in [0, 0.05) is 219 Å². The molecule has 4 aliphatic rings. The number of halogens is 4. The molecule has 41 heteroatoms. The van der Waals surface area contributed by atoms with Gasteiger partial charge >= 0.3 is 47.5 Å². The number of aliphatic carboxylic acids is 1. The summed E-state index contributed by atoms with van der Waals surface area (Å²) >= 11 is 23.8. The molecular formula is C99H111BCl4N22NaO13. The maximum atomic E-state index is 12.9. The number of piperazine rings is 4. The number of benzene rings is 8. The summed E-state index contributed by atoms with van der Waals surface area (Å²) in [7, 11) is 0.250. The van der Waals surface area contributed by atoms with Crippen LogP contribution in [0.25, 0.3) is 45.0 Å². The molecule has 4 aliphatic heterocycles. The van der Waals surface area contributed by atoms with Gasteiger partial charge in [-0.3, -0.25) is 53.2 Å². The van der Waals surface area contributed by atoms with Crippen LogP contribution in [0.1, 0.15) is 69.1 Å². The molecule has 4 fully saturated rings. The molecule has 0 aliphatic carbocycles. The zero-order chi connectivity index (χ0) is 99.4. The molecule has 727 valence electrons. The Labute approximate surface area is 857 Å². The van der Waals surface area contributed by atoms with Gasteiger partial charge in [0.2, 0.25) is 29.7 Å². The SMILES string of the molecule is CC(=O)CN1CCN(C(=O)c2ccc(Nc3nccc(-c4ccc(Cl)cc4)n3)cc2)CC1.CCN.CCNC(=O)CN1CCN(C(=O)c2ccc(Nc3nccc(-c4ccc(Cl)cc4)n3)cc2)CC1.CCOC(=O)CN1CCNCC1.O=C(O)CN1CCN(C(=O)c2ccc(Nc3nccc(-c4ccc(Cl)cc4)n3)cc2)CC1.O=C(O)c1ccc(Nc2nccc(-c3ccc(Cl)cc3)n2)cc1.[3H][B]O.[Na+].[OH-]. The third kappa shape index (κ3) is 37.4. The molecule has 16 rings (SSSR count). The molecule has 140 heavy (non-hydrogen) atoms. The number of carboxylic acids is 2. The van der Waals surface area contributed by atoms with Gasteiger partial charge in [0.05, 0.1) is 61.1 Å². The van der Waals surface area contributed by atoms with Crippen LogP contribution in [0.5, 0.6) is 0 Å². The Bertz CT molecular complexity index is 5760. The van der Waals surface area contributed by atoms with Crippen LogP contribution in [0, 0.1) is 0 Å². The molecule has 4 amide bonds. The van der Waals surface area contributed by atoms with E-state index in [1.807, 2.05) is 181 Å². The number of carboxylic acid groups (broad SMARTS) is 2. The van der Waals surface area contributed by atoms with Crippen LogP contribution >= 0.6 is 46.4 Å². The number of nitrogens with zero attached hydrogens (tertiary/aromatic N) is 15. The summed E-state index contributed by atoms with van der Waals surface area (Å²) in [6.07, 6.45) is 6.73. The van der Waals surface area contributed by atoms with Gasteiger partial charge in [-0.1, -0.05) is 102 Å².